The van der Waals surface area contributed by atoms with E-state index in [1.807, 2.05) is 24.3 Å². The highest BCUT2D eigenvalue weighted by Crippen LogP contribution is 2.44. The summed E-state index contributed by atoms with van der Waals surface area (Å²) in [6.45, 7) is 5.28. The third kappa shape index (κ3) is 4.52. The summed E-state index contributed by atoms with van der Waals surface area (Å²) in [7, 11) is 0. The van der Waals surface area contributed by atoms with Crippen molar-refractivity contribution in [3.8, 4) is 5.75 Å². The molecule has 9 nitrogen and oxygen atoms in total. The fraction of sp³-hybridized carbons (Fsp3) is 0.381. The molecule has 1 aliphatic rings. The van der Waals surface area contributed by atoms with Gasteiger partial charge in [-0.15, -0.1) is 0 Å². The fourth-order valence-corrected chi connectivity index (χ4v) is 3.55. The molecule has 0 fully saturated rings. The number of rotatable bonds is 6. The predicted molar refractivity (Wildman–Crippen MR) is 113 cm³/mol. The molecule has 1 aliphatic heterocycles. The van der Waals surface area contributed by atoms with Crippen LogP contribution in [0.2, 0.25) is 0 Å². The molecular formula is C21H26N4O5. The molecule has 0 radical (unpaired) electrons. The topological polar surface area (TPSA) is 140 Å². The first-order valence-corrected chi connectivity index (χ1v) is 9.63. The maximum Gasteiger partial charge on any atom is 0.296 e. The molecule has 5 N–H and O–H groups in total. The molecule has 2 unspecified atom stereocenters. The maximum atomic E-state index is 11.5. The first-order chi connectivity index (χ1) is 14.1. The standard InChI is InChI=1S/C21H26N4O5/c1-12(26)24-16-10-15-18(11-17(16)25(28)29)30-21(2,3)20(27)19(15)23-9-8-13-4-6-14(22)7-5-13/h4-7,10-11,19-20,23,27H,8-9,22H2,1-3H3,(H,24,26). The van der Waals surface area contributed by atoms with E-state index in [0.717, 1.165) is 5.56 Å². The van der Waals surface area contributed by atoms with E-state index in [4.69, 9.17) is 10.5 Å². The number of carbonyl (C=O) groups excluding carboxylic acids is 1. The molecule has 0 saturated carbocycles. The largest absolute Gasteiger partial charge is 0.484 e. The molecule has 30 heavy (non-hydrogen) atoms. The zero-order valence-corrected chi connectivity index (χ0v) is 17.1. The van der Waals surface area contributed by atoms with Gasteiger partial charge in [0.1, 0.15) is 23.1 Å². The minimum atomic E-state index is -0.963. The number of aliphatic hydroxyl groups excluding tert-OH is 1. The molecule has 9 heteroatoms. The number of hydrogen-bond donors (Lipinski definition) is 4. The molecular weight excluding hydrogens is 388 g/mol. The van der Waals surface area contributed by atoms with E-state index >= 15 is 0 Å². The number of nitro groups is 1. The number of nitro benzene ring substituents is 1. The number of nitrogen functional groups attached to an aromatic ring is 1. The summed E-state index contributed by atoms with van der Waals surface area (Å²) in [5.41, 5.74) is 6.87. The van der Waals surface area contributed by atoms with Crippen molar-refractivity contribution in [1.82, 2.24) is 5.32 Å². The summed E-state index contributed by atoms with van der Waals surface area (Å²) >= 11 is 0. The highest BCUT2D eigenvalue weighted by Gasteiger charge is 2.43. The molecule has 2 aromatic carbocycles. The van der Waals surface area contributed by atoms with Crippen LogP contribution in [0.4, 0.5) is 17.1 Å². The molecule has 160 valence electrons. The Morgan fingerprint density at radius 2 is 1.97 bits per heavy atom. The number of ether oxygens (including phenoxy) is 1. The van der Waals surface area contributed by atoms with Gasteiger partial charge in [0.05, 0.1) is 17.0 Å². The number of anilines is 2. The van der Waals surface area contributed by atoms with Crippen LogP contribution >= 0.6 is 0 Å². The summed E-state index contributed by atoms with van der Waals surface area (Å²) in [6, 6.07) is 9.79. The summed E-state index contributed by atoms with van der Waals surface area (Å²) in [5.74, 6) is -0.125. The lowest BCUT2D eigenvalue weighted by molar-refractivity contribution is -0.384. The molecule has 2 atom stereocenters. The normalized spacial score (nSPS) is 19.5. The van der Waals surface area contributed by atoms with Crippen LogP contribution in [-0.2, 0) is 11.2 Å². The van der Waals surface area contributed by atoms with Crippen molar-refractivity contribution < 1.29 is 19.6 Å². The lowest BCUT2D eigenvalue weighted by atomic mass is 9.86. The van der Waals surface area contributed by atoms with Crippen molar-refractivity contribution in [2.75, 3.05) is 17.6 Å². The van der Waals surface area contributed by atoms with Crippen molar-refractivity contribution in [2.45, 2.75) is 44.9 Å². The molecule has 0 aromatic heterocycles. The van der Waals surface area contributed by atoms with Crippen LogP contribution < -0.4 is 21.1 Å². The Bertz CT molecular complexity index is 959. The minimum Gasteiger partial charge on any atom is -0.484 e. The number of carbonyl (C=O) groups is 1. The van der Waals surface area contributed by atoms with Crippen molar-refractivity contribution in [1.29, 1.82) is 0 Å². The van der Waals surface area contributed by atoms with Crippen molar-refractivity contribution in [2.24, 2.45) is 0 Å². The van der Waals surface area contributed by atoms with Crippen LogP contribution in [0, 0.1) is 10.1 Å². The molecule has 2 aromatic rings. The summed E-state index contributed by atoms with van der Waals surface area (Å²) < 4.78 is 5.87. The second kappa shape index (κ2) is 8.29. The number of fused-ring (bicyclic) bond motifs is 1. The monoisotopic (exact) mass is 414 g/mol. The van der Waals surface area contributed by atoms with Gasteiger partial charge in [-0.05, 0) is 50.6 Å². The van der Waals surface area contributed by atoms with Gasteiger partial charge in [-0.2, -0.15) is 0 Å². The van der Waals surface area contributed by atoms with E-state index in [9.17, 15) is 20.0 Å². The Kier molecular flexibility index (Phi) is 5.95. The zero-order valence-electron chi connectivity index (χ0n) is 17.1. The molecule has 1 heterocycles. The van der Waals surface area contributed by atoms with E-state index in [2.05, 4.69) is 10.6 Å². The van der Waals surface area contributed by atoms with Gasteiger partial charge in [0.2, 0.25) is 5.91 Å². The quantitative estimate of drug-likeness (QED) is 0.323. The Morgan fingerprint density at radius 3 is 2.57 bits per heavy atom. The third-order valence-electron chi connectivity index (χ3n) is 5.13. The Morgan fingerprint density at radius 1 is 1.30 bits per heavy atom. The number of amides is 1. The van der Waals surface area contributed by atoms with Crippen LogP contribution in [0.25, 0.3) is 0 Å². The summed E-state index contributed by atoms with van der Waals surface area (Å²) in [4.78, 5) is 22.4. The molecule has 0 aliphatic carbocycles. The molecule has 3 rings (SSSR count). The summed E-state index contributed by atoms with van der Waals surface area (Å²) in [6.07, 6.45) is -0.214. The van der Waals surface area contributed by atoms with Crippen LogP contribution in [0.5, 0.6) is 5.75 Å². The third-order valence-corrected chi connectivity index (χ3v) is 5.13. The van der Waals surface area contributed by atoms with E-state index in [0.29, 0.717) is 30.0 Å². The van der Waals surface area contributed by atoms with E-state index in [-0.39, 0.29) is 11.4 Å². The second-order valence-electron chi connectivity index (χ2n) is 7.92. The predicted octanol–water partition coefficient (Wildman–Crippen LogP) is 2.54. The van der Waals surface area contributed by atoms with E-state index in [1.54, 1.807) is 13.8 Å². The van der Waals surface area contributed by atoms with Crippen molar-refractivity contribution in [3.05, 3.63) is 57.6 Å². The number of nitrogens with two attached hydrogens (primary N) is 1. The highest BCUT2D eigenvalue weighted by molar-refractivity contribution is 5.91. The fourth-order valence-electron chi connectivity index (χ4n) is 3.55. The highest BCUT2D eigenvalue weighted by atomic mass is 16.6. The van der Waals surface area contributed by atoms with Gasteiger partial charge in [0, 0.05) is 18.2 Å². The van der Waals surface area contributed by atoms with Crippen LogP contribution in [0.1, 0.15) is 37.9 Å². The molecule has 0 bridgehead atoms. The first-order valence-electron chi connectivity index (χ1n) is 9.63. The second-order valence-corrected chi connectivity index (χ2v) is 7.92. The Balaban J connectivity index is 1.91. The average molecular weight is 414 g/mol. The maximum absolute atomic E-state index is 11.5. The number of benzene rings is 2. The molecule has 0 spiro atoms. The minimum absolute atomic E-state index is 0.0621. The number of nitrogens with one attached hydrogen (secondary N) is 2. The first kappa shape index (κ1) is 21.5. The smallest absolute Gasteiger partial charge is 0.296 e. The van der Waals surface area contributed by atoms with Crippen molar-refractivity contribution in [3.63, 3.8) is 0 Å². The van der Waals surface area contributed by atoms with Crippen LogP contribution in [-0.4, -0.2) is 34.2 Å². The number of nitrogens with zero attached hydrogens (tertiary/aromatic N) is 1. The van der Waals surface area contributed by atoms with Gasteiger partial charge >= 0.3 is 0 Å². The van der Waals surface area contributed by atoms with Crippen LogP contribution in [0.15, 0.2) is 36.4 Å². The van der Waals surface area contributed by atoms with Gasteiger partial charge in [-0.25, -0.2) is 0 Å². The average Bonchev–Trinajstić information content (AvgIpc) is 2.65. The Labute approximate surface area is 174 Å². The van der Waals surface area contributed by atoms with Gasteiger partial charge in [0.15, 0.2) is 0 Å². The molecule has 1 amide bonds. The SMILES string of the molecule is CC(=O)Nc1cc2c(cc1[N+](=O)[O-])OC(C)(C)C(O)C2NCCc1ccc(N)cc1. The van der Waals surface area contributed by atoms with Crippen LogP contribution in [0.3, 0.4) is 0 Å². The van der Waals surface area contributed by atoms with Gasteiger partial charge in [-0.1, -0.05) is 12.1 Å². The van der Waals surface area contributed by atoms with Crippen molar-refractivity contribution >= 4 is 23.0 Å². The number of aliphatic hydroxyl groups is 1. The zero-order chi connectivity index (χ0) is 22.1. The van der Waals surface area contributed by atoms with Gasteiger partial charge in [-0.3, -0.25) is 14.9 Å². The van der Waals surface area contributed by atoms with Gasteiger partial charge in [0.25, 0.3) is 5.69 Å². The molecule has 0 saturated heterocycles. The van der Waals surface area contributed by atoms with E-state index in [1.165, 1.54) is 19.1 Å². The Hall–Kier alpha value is -3.17. The lowest BCUT2D eigenvalue weighted by Crippen LogP contribution is -2.52. The number of hydrogen-bond acceptors (Lipinski definition) is 7. The van der Waals surface area contributed by atoms with Gasteiger partial charge < -0.3 is 26.2 Å². The summed E-state index contributed by atoms with van der Waals surface area (Å²) in [5, 5.41) is 28.2. The van der Waals surface area contributed by atoms with E-state index < -0.39 is 28.6 Å². The lowest BCUT2D eigenvalue weighted by Gasteiger charge is -2.42.